The monoisotopic (exact) mass is 218 g/mol. The molecule has 0 saturated heterocycles. The number of rotatable bonds is 2. The highest BCUT2D eigenvalue weighted by atomic mass is 19.4. The largest absolute Gasteiger partial charge is 0.415 e. The fraction of sp³-hybridized carbons (Fsp3) is 0.455. The molecule has 0 bridgehead atoms. The van der Waals surface area contributed by atoms with Crippen LogP contribution in [-0.2, 0) is 5.41 Å². The smallest absolute Gasteiger partial charge is 0.383 e. The summed E-state index contributed by atoms with van der Waals surface area (Å²) in [5.41, 5.74) is -0.866. The second kappa shape index (κ2) is 3.85. The quantitative estimate of drug-likeness (QED) is 0.809. The maximum Gasteiger partial charge on any atom is 0.415 e. The molecule has 84 valence electrons. The first-order valence-corrected chi connectivity index (χ1v) is 4.56. The van der Waals surface area contributed by atoms with E-state index in [1.165, 1.54) is 13.8 Å². The molecule has 0 aliphatic heterocycles. The normalized spacial score (nSPS) is 15.1. The molecule has 4 heteroatoms. The van der Waals surface area contributed by atoms with Crippen LogP contribution >= 0.6 is 0 Å². The van der Waals surface area contributed by atoms with Crippen LogP contribution in [-0.4, -0.2) is 17.4 Å². The third-order valence-electron chi connectivity index (χ3n) is 2.51. The fourth-order valence-electron chi connectivity index (χ4n) is 1.43. The van der Waals surface area contributed by atoms with Gasteiger partial charge in [-0.2, -0.15) is 13.2 Å². The van der Waals surface area contributed by atoms with E-state index in [1.54, 1.807) is 30.3 Å². The van der Waals surface area contributed by atoms with Gasteiger partial charge in [-0.25, -0.2) is 0 Å². The summed E-state index contributed by atoms with van der Waals surface area (Å²) >= 11 is 0. The Morgan fingerprint density at radius 2 is 1.53 bits per heavy atom. The van der Waals surface area contributed by atoms with E-state index in [9.17, 15) is 18.3 Å². The Bertz CT molecular complexity index is 316. The first-order chi connectivity index (χ1) is 6.76. The van der Waals surface area contributed by atoms with Gasteiger partial charge in [0.15, 0.2) is 6.10 Å². The van der Waals surface area contributed by atoms with Gasteiger partial charge in [-0.3, -0.25) is 0 Å². The number of aliphatic hydroxyl groups is 1. The van der Waals surface area contributed by atoms with Crippen molar-refractivity contribution in [2.45, 2.75) is 31.5 Å². The number of hydrogen-bond donors (Lipinski definition) is 1. The van der Waals surface area contributed by atoms with Crippen molar-refractivity contribution in [3.05, 3.63) is 35.9 Å². The van der Waals surface area contributed by atoms with Crippen LogP contribution in [0, 0.1) is 0 Å². The van der Waals surface area contributed by atoms with Crippen LogP contribution < -0.4 is 0 Å². The summed E-state index contributed by atoms with van der Waals surface area (Å²) in [6, 6.07) is 8.18. The first-order valence-electron chi connectivity index (χ1n) is 4.56. The second-order valence-corrected chi connectivity index (χ2v) is 4.03. The van der Waals surface area contributed by atoms with Crippen molar-refractivity contribution < 1.29 is 18.3 Å². The molecule has 1 atom stereocenters. The van der Waals surface area contributed by atoms with Gasteiger partial charge in [-0.15, -0.1) is 0 Å². The molecule has 0 amide bonds. The van der Waals surface area contributed by atoms with Crippen LogP contribution in [0.2, 0.25) is 0 Å². The van der Waals surface area contributed by atoms with Crippen LogP contribution in [0.5, 0.6) is 0 Å². The molecule has 1 aromatic carbocycles. The molecule has 0 saturated carbocycles. The zero-order valence-electron chi connectivity index (χ0n) is 8.55. The summed E-state index contributed by atoms with van der Waals surface area (Å²) in [6.07, 6.45) is -6.95. The lowest BCUT2D eigenvalue weighted by Gasteiger charge is -2.32. The first kappa shape index (κ1) is 12.0. The van der Waals surface area contributed by atoms with Gasteiger partial charge in [0.1, 0.15) is 0 Å². The lowest BCUT2D eigenvalue weighted by atomic mass is 9.79. The second-order valence-electron chi connectivity index (χ2n) is 4.03. The van der Waals surface area contributed by atoms with E-state index >= 15 is 0 Å². The molecule has 15 heavy (non-hydrogen) atoms. The molecule has 0 aromatic heterocycles. The van der Waals surface area contributed by atoms with Gasteiger partial charge < -0.3 is 5.11 Å². The third kappa shape index (κ3) is 2.50. The average Bonchev–Trinajstić information content (AvgIpc) is 2.16. The van der Waals surface area contributed by atoms with Crippen LogP contribution in [0.15, 0.2) is 30.3 Å². The molecule has 0 aliphatic rings. The average molecular weight is 218 g/mol. The highest BCUT2D eigenvalue weighted by Gasteiger charge is 2.48. The number of benzene rings is 1. The Morgan fingerprint density at radius 1 is 1.07 bits per heavy atom. The van der Waals surface area contributed by atoms with E-state index in [1.807, 2.05) is 0 Å². The van der Waals surface area contributed by atoms with Gasteiger partial charge >= 0.3 is 6.18 Å². The van der Waals surface area contributed by atoms with E-state index in [0.29, 0.717) is 5.56 Å². The minimum absolute atomic E-state index is 0.467. The van der Waals surface area contributed by atoms with E-state index in [0.717, 1.165) is 0 Å². The summed E-state index contributed by atoms with van der Waals surface area (Å²) in [5.74, 6) is 0. The molecule has 1 rings (SSSR count). The maximum absolute atomic E-state index is 12.4. The van der Waals surface area contributed by atoms with Crippen molar-refractivity contribution in [2.24, 2.45) is 0 Å². The molecular weight excluding hydrogens is 205 g/mol. The molecule has 0 heterocycles. The van der Waals surface area contributed by atoms with Crippen LogP contribution in [0.3, 0.4) is 0 Å². The minimum atomic E-state index is -4.60. The number of alkyl halides is 3. The maximum atomic E-state index is 12.4. The van der Waals surface area contributed by atoms with Crippen molar-refractivity contribution in [3.63, 3.8) is 0 Å². The van der Waals surface area contributed by atoms with Gasteiger partial charge in [0, 0.05) is 5.41 Å². The zero-order chi connectivity index (χ0) is 11.7. The predicted molar refractivity (Wildman–Crippen MR) is 51.5 cm³/mol. The van der Waals surface area contributed by atoms with Crippen molar-refractivity contribution in [1.82, 2.24) is 0 Å². The summed E-state index contributed by atoms with van der Waals surface area (Å²) < 4.78 is 37.1. The van der Waals surface area contributed by atoms with Crippen LogP contribution in [0.1, 0.15) is 19.4 Å². The molecule has 0 unspecified atom stereocenters. The SMILES string of the molecule is CC(C)(c1ccccc1)[C@@H](O)C(F)(F)F. The van der Waals surface area contributed by atoms with Gasteiger partial charge in [0.05, 0.1) is 0 Å². The van der Waals surface area contributed by atoms with Gasteiger partial charge in [0.2, 0.25) is 0 Å². The van der Waals surface area contributed by atoms with Crippen molar-refractivity contribution in [1.29, 1.82) is 0 Å². The number of hydrogen-bond acceptors (Lipinski definition) is 1. The Labute approximate surface area is 86.5 Å². The van der Waals surface area contributed by atoms with E-state index < -0.39 is 17.7 Å². The summed E-state index contributed by atoms with van der Waals surface area (Å²) in [4.78, 5) is 0. The lowest BCUT2D eigenvalue weighted by molar-refractivity contribution is -0.221. The molecule has 0 aliphatic carbocycles. The van der Waals surface area contributed by atoms with Crippen LogP contribution in [0.4, 0.5) is 13.2 Å². The van der Waals surface area contributed by atoms with Crippen molar-refractivity contribution in [2.75, 3.05) is 0 Å². The van der Waals surface area contributed by atoms with Crippen LogP contribution in [0.25, 0.3) is 0 Å². The Kier molecular flexibility index (Phi) is 3.09. The van der Waals surface area contributed by atoms with E-state index in [-0.39, 0.29) is 0 Å². The lowest BCUT2D eigenvalue weighted by Crippen LogP contribution is -2.44. The molecule has 1 N–H and O–H groups in total. The number of halogens is 3. The molecule has 1 aromatic rings. The Morgan fingerprint density at radius 3 is 1.93 bits per heavy atom. The molecule has 0 spiro atoms. The Hall–Kier alpha value is -1.03. The van der Waals surface area contributed by atoms with Gasteiger partial charge in [-0.1, -0.05) is 44.2 Å². The summed E-state index contributed by atoms with van der Waals surface area (Å²) in [5, 5.41) is 9.24. The third-order valence-corrected chi connectivity index (χ3v) is 2.51. The fourth-order valence-corrected chi connectivity index (χ4v) is 1.43. The minimum Gasteiger partial charge on any atom is -0.383 e. The zero-order valence-corrected chi connectivity index (χ0v) is 8.55. The summed E-state index contributed by atoms with van der Waals surface area (Å²) in [7, 11) is 0. The van der Waals surface area contributed by atoms with Crippen molar-refractivity contribution >= 4 is 0 Å². The summed E-state index contributed by atoms with van der Waals surface area (Å²) in [6.45, 7) is 2.75. The van der Waals surface area contributed by atoms with Gasteiger partial charge in [-0.05, 0) is 5.56 Å². The standard InChI is InChI=1S/C11H13F3O/c1-10(2,9(15)11(12,13)14)8-6-4-3-5-7-8/h3-7,9,15H,1-2H3/t9-/m1/s1. The molecule has 1 nitrogen and oxygen atoms in total. The van der Waals surface area contributed by atoms with E-state index in [4.69, 9.17) is 0 Å². The molecule has 0 fully saturated rings. The van der Waals surface area contributed by atoms with Crippen molar-refractivity contribution in [3.8, 4) is 0 Å². The Balaban J connectivity index is 3.03. The highest BCUT2D eigenvalue weighted by Crippen LogP contribution is 2.36. The number of aliphatic hydroxyl groups excluding tert-OH is 1. The molecular formula is C11H13F3O. The van der Waals surface area contributed by atoms with Gasteiger partial charge in [0.25, 0.3) is 0 Å². The topological polar surface area (TPSA) is 20.2 Å². The van der Waals surface area contributed by atoms with E-state index in [2.05, 4.69) is 0 Å². The highest BCUT2D eigenvalue weighted by molar-refractivity contribution is 5.25. The predicted octanol–water partition coefficient (Wildman–Crippen LogP) is 2.89. The molecule has 0 radical (unpaired) electrons.